The van der Waals surface area contributed by atoms with E-state index in [2.05, 4.69) is 14.3 Å². The number of hydrogen-bond donors (Lipinski definition) is 1. The molecule has 2 aromatic heterocycles. The second-order valence-electron chi connectivity index (χ2n) is 2.66. The summed E-state index contributed by atoms with van der Waals surface area (Å²) in [5.41, 5.74) is 0.931. The van der Waals surface area contributed by atoms with Crippen LogP contribution in [0.3, 0.4) is 0 Å². The first-order chi connectivity index (χ1) is 7.24. The third kappa shape index (κ3) is 2.98. The smallest absolute Gasteiger partial charge is 0.292 e. The van der Waals surface area contributed by atoms with Crippen LogP contribution in [0.25, 0.3) is 0 Å². The summed E-state index contributed by atoms with van der Waals surface area (Å²) in [6.07, 6.45) is 1.66. The van der Waals surface area contributed by atoms with E-state index in [0.717, 1.165) is 5.56 Å². The topological polar surface area (TPSA) is 50.8 Å². The van der Waals surface area contributed by atoms with Gasteiger partial charge in [0.05, 0.1) is 0 Å². The van der Waals surface area contributed by atoms with Gasteiger partial charge in [-0.15, -0.1) is 0 Å². The number of rotatable bonds is 3. The molecule has 0 radical (unpaired) electrons. The average Bonchev–Trinajstić information content (AvgIpc) is 2.64. The molecule has 0 spiro atoms. The predicted octanol–water partition coefficient (Wildman–Crippen LogP) is 2.83. The maximum atomic E-state index is 5.65. The van der Waals surface area contributed by atoms with Crippen LogP contribution in [0.15, 0.2) is 18.3 Å². The molecule has 4 nitrogen and oxygen atoms in total. The largest absolute Gasteiger partial charge is 0.464 e. The number of aromatic amines is 1. The van der Waals surface area contributed by atoms with Gasteiger partial charge in [-0.05, 0) is 29.8 Å². The molecule has 0 aliphatic carbocycles. The zero-order valence-electron chi connectivity index (χ0n) is 7.44. The molecule has 7 heteroatoms. The summed E-state index contributed by atoms with van der Waals surface area (Å²) >= 11 is 11.7. The van der Waals surface area contributed by atoms with Crippen molar-refractivity contribution >= 4 is 35.4 Å². The molecular weight excluding hydrogens is 254 g/mol. The van der Waals surface area contributed by atoms with E-state index < -0.39 is 0 Å². The van der Waals surface area contributed by atoms with Crippen molar-refractivity contribution in [2.24, 2.45) is 0 Å². The fraction of sp³-hybridized carbons (Fsp3) is 0.125. The van der Waals surface area contributed by atoms with Gasteiger partial charge in [0.1, 0.15) is 11.8 Å². The summed E-state index contributed by atoms with van der Waals surface area (Å²) < 4.78 is 8.61. The maximum absolute atomic E-state index is 5.65. The fourth-order valence-corrected chi connectivity index (χ4v) is 1.77. The summed E-state index contributed by atoms with van der Waals surface area (Å²) in [7, 11) is 0. The van der Waals surface area contributed by atoms with Gasteiger partial charge in [0.15, 0.2) is 0 Å². The summed E-state index contributed by atoms with van der Waals surface area (Å²) in [5, 5.41) is 0.990. The van der Waals surface area contributed by atoms with Crippen LogP contribution in [0.4, 0.5) is 0 Å². The zero-order valence-corrected chi connectivity index (χ0v) is 9.83. The Hall–Kier alpha value is -0.980. The van der Waals surface area contributed by atoms with Gasteiger partial charge in [-0.3, -0.25) is 4.37 Å². The Labute approximate surface area is 100 Å². The molecule has 0 saturated carbocycles. The van der Waals surface area contributed by atoms with E-state index in [0.29, 0.717) is 21.7 Å². The van der Waals surface area contributed by atoms with Crippen LogP contribution in [-0.2, 0) is 6.61 Å². The van der Waals surface area contributed by atoms with E-state index in [-0.39, 0.29) is 0 Å². The highest BCUT2D eigenvalue weighted by molar-refractivity contribution is 7.71. The molecule has 78 valence electrons. The molecule has 0 amide bonds. The van der Waals surface area contributed by atoms with Crippen LogP contribution < -0.4 is 4.74 Å². The Bertz CT molecular complexity index is 493. The van der Waals surface area contributed by atoms with Gasteiger partial charge in [-0.25, -0.2) is 4.98 Å². The van der Waals surface area contributed by atoms with Crippen LogP contribution in [0.2, 0.25) is 5.15 Å². The first-order valence-corrected chi connectivity index (χ1v) is 5.63. The number of ether oxygens (including phenoxy) is 1. The molecule has 2 aromatic rings. The summed E-state index contributed by atoms with van der Waals surface area (Å²) in [4.78, 5) is 7.89. The van der Waals surface area contributed by atoms with E-state index in [1.807, 2.05) is 6.07 Å². The lowest BCUT2D eigenvalue weighted by Crippen LogP contribution is -1.95. The van der Waals surface area contributed by atoms with Crippen LogP contribution in [0.1, 0.15) is 5.56 Å². The van der Waals surface area contributed by atoms with E-state index in [9.17, 15) is 0 Å². The highest BCUT2D eigenvalue weighted by atomic mass is 35.5. The molecule has 0 aliphatic rings. The fourth-order valence-electron chi connectivity index (χ4n) is 0.914. The SMILES string of the molecule is S=c1nc(OCc2ccc(Cl)nc2)s[nH]1. The Morgan fingerprint density at radius 2 is 2.40 bits per heavy atom. The maximum Gasteiger partial charge on any atom is 0.292 e. The van der Waals surface area contributed by atoms with Crippen LogP contribution in [0, 0.1) is 4.77 Å². The van der Waals surface area contributed by atoms with E-state index in [1.54, 1.807) is 12.3 Å². The van der Waals surface area contributed by atoms with Gasteiger partial charge >= 0.3 is 0 Å². The molecule has 0 saturated heterocycles. The van der Waals surface area contributed by atoms with E-state index >= 15 is 0 Å². The number of pyridine rings is 1. The summed E-state index contributed by atoms with van der Waals surface area (Å²) in [6.45, 7) is 0.403. The molecular formula is C8H6ClN3OS2. The number of aromatic nitrogens is 3. The lowest BCUT2D eigenvalue weighted by Gasteiger charge is -2.00. The minimum absolute atomic E-state index is 0.403. The third-order valence-electron chi connectivity index (χ3n) is 1.57. The molecule has 2 rings (SSSR count). The molecule has 0 unspecified atom stereocenters. The molecule has 0 fully saturated rings. The van der Waals surface area contributed by atoms with Gasteiger partial charge in [0.2, 0.25) is 4.77 Å². The van der Waals surface area contributed by atoms with Crippen LogP contribution in [-0.4, -0.2) is 14.3 Å². The first-order valence-electron chi connectivity index (χ1n) is 4.03. The van der Waals surface area contributed by atoms with Crippen molar-refractivity contribution in [1.29, 1.82) is 0 Å². The lowest BCUT2D eigenvalue weighted by atomic mass is 10.3. The van der Waals surface area contributed by atoms with Gasteiger partial charge in [-0.1, -0.05) is 17.7 Å². The van der Waals surface area contributed by atoms with Crippen molar-refractivity contribution in [1.82, 2.24) is 14.3 Å². The predicted molar refractivity (Wildman–Crippen MR) is 60.9 cm³/mol. The second kappa shape index (κ2) is 4.69. The van der Waals surface area contributed by atoms with Gasteiger partial charge in [-0.2, -0.15) is 4.98 Å². The molecule has 0 atom stereocenters. The standard InChI is InChI=1S/C8H6ClN3OS2/c9-6-2-1-5(3-10-6)4-13-8-11-7(14)12-15-8/h1-3H,4H2,(H,12,14). The minimum atomic E-state index is 0.403. The van der Waals surface area contributed by atoms with Crippen molar-refractivity contribution in [2.75, 3.05) is 0 Å². The zero-order chi connectivity index (χ0) is 10.7. The summed E-state index contributed by atoms with van der Waals surface area (Å²) in [6, 6.07) is 3.56. The molecule has 2 heterocycles. The van der Waals surface area contributed by atoms with E-state index in [1.165, 1.54) is 11.5 Å². The number of H-pyrrole nitrogens is 1. The van der Waals surface area contributed by atoms with Crippen molar-refractivity contribution < 1.29 is 4.74 Å². The van der Waals surface area contributed by atoms with E-state index in [4.69, 9.17) is 28.6 Å². The van der Waals surface area contributed by atoms with Crippen molar-refractivity contribution in [3.8, 4) is 5.19 Å². The summed E-state index contributed by atoms with van der Waals surface area (Å²) in [5.74, 6) is 0. The average molecular weight is 260 g/mol. The molecule has 15 heavy (non-hydrogen) atoms. The molecule has 0 bridgehead atoms. The number of hydrogen-bond acceptors (Lipinski definition) is 5. The van der Waals surface area contributed by atoms with Crippen molar-refractivity contribution in [3.63, 3.8) is 0 Å². The minimum Gasteiger partial charge on any atom is -0.464 e. The highest BCUT2D eigenvalue weighted by Gasteiger charge is 1.99. The van der Waals surface area contributed by atoms with Gasteiger partial charge in [0.25, 0.3) is 5.19 Å². The van der Waals surface area contributed by atoms with Crippen molar-refractivity contribution in [2.45, 2.75) is 6.61 Å². The third-order valence-corrected chi connectivity index (χ3v) is 2.79. The number of nitrogens with one attached hydrogen (secondary N) is 1. The number of nitrogens with zero attached hydrogens (tertiary/aromatic N) is 2. The molecule has 0 aliphatic heterocycles. The first kappa shape index (κ1) is 10.5. The van der Waals surface area contributed by atoms with Crippen molar-refractivity contribution in [3.05, 3.63) is 33.8 Å². The Morgan fingerprint density at radius 1 is 1.53 bits per heavy atom. The van der Waals surface area contributed by atoms with Gasteiger partial charge in [0, 0.05) is 11.8 Å². The second-order valence-corrected chi connectivity index (χ2v) is 4.20. The lowest BCUT2D eigenvalue weighted by molar-refractivity contribution is 0.304. The Morgan fingerprint density at radius 3 is 3.00 bits per heavy atom. The normalized spacial score (nSPS) is 10.2. The van der Waals surface area contributed by atoms with Crippen LogP contribution in [0.5, 0.6) is 5.19 Å². The quantitative estimate of drug-likeness (QED) is 0.680. The van der Waals surface area contributed by atoms with Crippen LogP contribution >= 0.6 is 35.4 Å². The van der Waals surface area contributed by atoms with Gasteiger partial charge < -0.3 is 4.74 Å². The number of halogens is 1. The Kier molecular flexibility index (Phi) is 3.30. The Balaban J connectivity index is 1.99. The molecule has 0 aromatic carbocycles. The highest BCUT2D eigenvalue weighted by Crippen LogP contribution is 2.14. The molecule has 1 N–H and O–H groups in total. The monoisotopic (exact) mass is 259 g/mol.